The van der Waals surface area contributed by atoms with Crippen molar-refractivity contribution in [3.8, 4) is 0 Å². The molecule has 0 radical (unpaired) electrons. The van der Waals surface area contributed by atoms with Crippen LogP contribution in [0.15, 0.2) is 30.3 Å². The molecular weight excluding hydrogens is 306 g/mol. The van der Waals surface area contributed by atoms with Crippen LogP contribution in [-0.2, 0) is 19.2 Å². The zero-order valence-electron chi connectivity index (χ0n) is 12.1. The molecule has 9 nitrogen and oxygen atoms in total. The minimum Gasteiger partial charge on any atom is -0.480 e. The number of carboxylic acid groups (broad SMARTS) is 1. The van der Waals surface area contributed by atoms with E-state index >= 15 is 0 Å². The van der Waals surface area contributed by atoms with Crippen LogP contribution in [0, 0.1) is 0 Å². The molecule has 0 saturated heterocycles. The van der Waals surface area contributed by atoms with E-state index in [-0.39, 0.29) is 0 Å². The van der Waals surface area contributed by atoms with Crippen molar-refractivity contribution >= 4 is 23.7 Å². The van der Waals surface area contributed by atoms with Crippen molar-refractivity contribution in [1.29, 1.82) is 0 Å². The molecule has 1 aromatic carbocycles. The number of amides is 3. The Balaban J connectivity index is 2.96. The van der Waals surface area contributed by atoms with E-state index < -0.39 is 48.8 Å². The van der Waals surface area contributed by atoms with Crippen molar-refractivity contribution in [3.63, 3.8) is 0 Å². The first-order chi connectivity index (χ1) is 10.8. The second-order valence-electron chi connectivity index (χ2n) is 4.64. The number of nitrogens with two attached hydrogens (primary N) is 1. The minimum absolute atomic E-state index is 0.384. The van der Waals surface area contributed by atoms with Gasteiger partial charge in [0.2, 0.25) is 17.7 Å². The van der Waals surface area contributed by atoms with Crippen molar-refractivity contribution in [2.24, 2.45) is 5.73 Å². The van der Waals surface area contributed by atoms with Crippen LogP contribution in [0.3, 0.4) is 0 Å². The molecule has 0 spiro atoms. The van der Waals surface area contributed by atoms with Gasteiger partial charge in [-0.3, -0.25) is 14.4 Å². The number of primary amides is 1. The average Bonchev–Trinajstić information content (AvgIpc) is 2.51. The number of hydrogen-bond donors (Lipinski definition) is 5. The third-order valence-electron chi connectivity index (χ3n) is 2.86. The average molecular weight is 323 g/mol. The van der Waals surface area contributed by atoms with Gasteiger partial charge in [0.15, 0.2) is 0 Å². The maximum Gasteiger partial charge on any atom is 0.326 e. The Morgan fingerprint density at radius 2 is 1.70 bits per heavy atom. The molecule has 6 N–H and O–H groups in total. The second kappa shape index (κ2) is 8.49. The lowest BCUT2D eigenvalue weighted by Crippen LogP contribution is -2.48. The van der Waals surface area contributed by atoms with Gasteiger partial charge in [-0.15, -0.1) is 0 Å². The molecule has 1 aromatic rings. The fourth-order valence-corrected chi connectivity index (χ4v) is 1.81. The van der Waals surface area contributed by atoms with Crippen LogP contribution in [0.2, 0.25) is 0 Å². The molecule has 0 fully saturated rings. The van der Waals surface area contributed by atoms with Crippen LogP contribution >= 0.6 is 0 Å². The second-order valence-corrected chi connectivity index (χ2v) is 4.64. The first-order valence-corrected chi connectivity index (χ1v) is 6.61. The van der Waals surface area contributed by atoms with E-state index in [4.69, 9.17) is 15.9 Å². The first-order valence-electron chi connectivity index (χ1n) is 6.61. The van der Waals surface area contributed by atoms with Crippen molar-refractivity contribution < 1.29 is 29.4 Å². The molecule has 0 aliphatic heterocycles. The molecule has 2 atom stereocenters. The molecule has 3 amide bonds. The van der Waals surface area contributed by atoms with Crippen LogP contribution in [0.4, 0.5) is 0 Å². The summed E-state index contributed by atoms with van der Waals surface area (Å²) in [5.74, 6) is -3.98. The zero-order valence-corrected chi connectivity index (χ0v) is 12.1. The van der Waals surface area contributed by atoms with Gasteiger partial charge in [-0.2, -0.15) is 0 Å². The van der Waals surface area contributed by atoms with Crippen molar-refractivity contribution in [1.82, 2.24) is 10.6 Å². The van der Waals surface area contributed by atoms with Crippen LogP contribution < -0.4 is 16.4 Å². The molecule has 1 rings (SSSR count). The van der Waals surface area contributed by atoms with Crippen LogP contribution in [0.5, 0.6) is 0 Å². The number of aliphatic hydroxyl groups excluding tert-OH is 1. The predicted molar refractivity (Wildman–Crippen MR) is 77.8 cm³/mol. The highest BCUT2D eigenvalue weighted by Gasteiger charge is 2.28. The molecule has 0 aromatic heterocycles. The molecule has 2 unspecified atom stereocenters. The summed E-state index contributed by atoms with van der Waals surface area (Å²) in [6.45, 7) is -0.833. The van der Waals surface area contributed by atoms with Gasteiger partial charge in [0.1, 0.15) is 18.7 Å². The minimum atomic E-state index is -1.52. The number of carbonyl (C=O) groups excluding carboxylic acids is 3. The van der Waals surface area contributed by atoms with E-state index in [0.29, 0.717) is 5.56 Å². The molecule has 0 aliphatic carbocycles. The molecule has 0 aliphatic rings. The number of aliphatic carboxylic acids is 1. The van der Waals surface area contributed by atoms with Crippen LogP contribution in [0.25, 0.3) is 0 Å². The number of carbonyl (C=O) groups is 4. The van der Waals surface area contributed by atoms with Crippen molar-refractivity contribution in [2.75, 3.05) is 6.61 Å². The lowest BCUT2D eigenvalue weighted by molar-refractivity contribution is -0.143. The summed E-state index contributed by atoms with van der Waals surface area (Å²) in [5.41, 5.74) is 5.32. The molecule has 124 valence electrons. The lowest BCUT2D eigenvalue weighted by Gasteiger charge is -2.21. The number of benzene rings is 1. The van der Waals surface area contributed by atoms with E-state index in [1.807, 2.05) is 0 Å². The van der Waals surface area contributed by atoms with Gasteiger partial charge in [0.25, 0.3) is 0 Å². The summed E-state index contributed by atoms with van der Waals surface area (Å²) in [6.07, 6.45) is -0.587. The summed E-state index contributed by atoms with van der Waals surface area (Å²) < 4.78 is 0. The van der Waals surface area contributed by atoms with E-state index in [1.165, 1.54) is 0 Å². The summed E-state index contributed by atoms with van der Waals surface area (Å²) >= 11 is 0. The molecule has 0 bridgehead atoms. The van der Waals surface area contributed by atoms with E-state index in [2.05, 4.69) is 10.6 Å². The van der Waals surface area contributed by atoms with E-state index in [0.717, 1.165) is 0 Å². The normalized spacial score (nSPS) is 12.7. The number of aliphatic hydroxyl groups is 1. The fourth-order valence-electron chi connectivity index (χ4n) is 1.81. The summed E-state index contributed by atoms with van der Waals surface area (Å²) in [6, 6.07) is 5.30. The number of rotatable bonds is 8. The van der Waals surface area contributed by atoms with E-state index in [9.17, 15) is 19.2 Å². The topological polar surface area (TPSA) is 159 Å². The van der Waals surface area contributed by atoms with Crippen LogP contribution in [0.1, 0.15) is 18.0 Å². The maximum atomic E-state index is 12.3. The van der Waals surface area contributed by atoms with Gasteiger partial charge in [0.05, 0.1) is 6.42 Å². The van der Waals surface area contributed by atoms with Gasteiger partial charge < -0.3 is 26.6 Å². The number of carboxylic acids is 1. The summed E-state index contributed by atoms with van der Waals surface area (Å²) in [7, 11) is 0. The van der Waals surface area contributed by atoms with Crippen molar-refractivity contribution in [3.05, 3.63) is 35.9 Å². The molecular formula is C14H17N3O6. The summed E-state index contributed by atoms with van der Waals surface area (Å²) in [4.78, 5) is 45.6. The Hall–Kier alpha value is -2.94. The Morgan fingerprint density at radius 3 is 2.17 bits per heavy atom. The Morgan fingerprint density at radius 1 is 1.09 bits per heavy atom. The van der Waals surface area contributed by atoms with Gasteiger partial charge >= 0.3 is 5.97 Å². The monoisotopic (exact) mass is 323 g/mol. The highest BCUT2D eigenvalue weighted by Crippen LogP contribution is 2.13. The third kappa shape index (κ3) is 5.75. The lowest BCUT2D eigenvalue weighted by atomic mass is 10.1. The number of hydrogen-bond acceptors (Lipinski definition) is 5. The highest BCUT2D eigenvalue weighted by molar-refractivity contribution is 5.93. The molecule has 0 heterocycles. The van der Waals surface area contributed by atoms with Crippen LogP contribution in [-0.4, -0.2) is 46.6 Å². The van der Waals surface area contributed by atoms with E-state index in [1.54, 1.807) is 30.3 Å². The smallest absolute Gasteiger partial charge is 0.326 e. The SMILES string of the molecule is NC(=O)CC(NC(=O)C(NC(=O)CO)c1ccccc1)C(=O)O. The molecule has 23 heavy (non-hydrogen) atoms. The first kappa shape index (κ1) is 18.1. The summed E-state index contributed by atoms with van der Waals surface area (Å²) in [5, 5.41) is 22.2. The molecule has 9 heteroatoms. The maximum absolute atomic E-state index is 12.3. The predicted octanol–water partition coefficient (Wildman–Crippen LogP) is -1.72. The standard InChI is InChI=1S/C14H17N3O6/c15-10(19)6-9(14(22)23)16-13(21)12(17-11(20)7-18)8-4-2-1-3-5-8/h1-5,9,12,18H,6-7H2,(H2,15,19)(H,16,21)(H,17,20)(H,22,23). The highest BCUT2D eigenvalue weighted by atomic mass is 16.4. The quantitative estimate of drug-likeness (QED) is 0.383. The van der Waals surface area contributed by atoms with Gasteiger partial charge in [0, 0.05) is 0 Å². The zero-order chi connectivity index (χ0) is 17.4. The van der Waals surface area contributed by atoms with Gasteiger partial charge in [-0.25, -0.2) is 4.79 Å². The Labute approximate surface area is 131 Å². The van der Waals surface area contributed by atoms with Gasteiger partial charge in [-0.05, 0) is 5.56 Å². The molecule has 0 saturated carbocycles. The Bertz CT molecular complexity index is 589. The third-order valence-corrected chi connectivity index (χ3v) is 2.86. The largest absolute Gasteiger partial charge is 0.480 e. The Kier molecular flexibility index (Phi) is 6.68. The fraction of sp³-hybridized carbons (Fsp3) is 0.286. The van der Waals surface area contributed by atoms with Crippen molar-refractivity contribution in [2.45, 2.75) is 18.5 Å². The van der Waals surface area contributed by atoms with Gasteiger partial charge in [-0.1, -0.05) is 30.3 Å². The number of nitrogens with one attached hydrogen (secondary N) is 2.